The molecule has 0 spiro atoms. The van der Waals surface area contributed by atoms with Crippen molar-refractivity contribution < 1.29 is 4.74 Å². The van der Waals surface area contributed by atoms with Gasteiger partial charge in [0.25, 0.3) is 0 Å². The Labute approximate surface area is 126 Å². The second kappa shape index (κ2) is 6.00. The molecule has 0 heterocycles. The van der Waals surface area contributed by atoms with Crippen LogP contribution in [0.5, 0.6) is 5.75 Å². The number of ether oxygens (including phenoxy) is 1. The molecule has 2 saturated carbocycles. The molecule has 2 fully saturated rings. The van der Waals surface area contributed by atoms with Crippen LogP contribution in [0, 0.1) is 11.8 Å². The second-order valence-electron chi connectivity index (χ2n) is 5.84. The molecular weight excluding hydrogens is 268 g/mol. The van der Waals surface area contributed by atoms with E-state index in [0.29, 0.717) is 12.6 Å². The van der Waals surface area contributed by atoms with Crippen molar-refractivity contribution >= 4 is 23.0 Å². The molecule has 2 aliphatic carbocycles. The molecule has 3 nitrogen and oxygen atoms in total. The molecule has 0 saturated heterocycles. The van der Waals surface area contributed by atoms with E-state index < -0.39 is 0 Å². The summed E-state index contributed by atoms with van der Waals surface area (Å²) in [5.41, 5.74) is 1.01. The molecular formula is C16H22N2OS. The van der Waals surface area contributed by atoms with Gasteiger partial charge in [0.2, 0.25) is 0 Å². The van der Waals surface area contributed by atoms with Crippen molar-refractivity contribution in [1.29, 1.82) is 0 Å². The van der Waals surface area contributed by atoms with E-state index in [9.17, 15) is 0 Å². The van der Waals surface area contributed by atoms with Crippen LogP contribution < -0.4 is 15.4 Å². The molecule has 4 heteroatoms. The first-order chi connectivity index (χ1) is 9.74. The summed E-state index contributed by atoms with van der Waals surface area (Å²) in [6.45, 7) is 2.68. The number of anilines is 1. The molecule has 3 rings (SSSR count). The van der Waals surface area contributed by atoms with Crippen LogP contribution in [-0.2, 0) is 0 Å². The average molecular weight is 290 g/mol. The largest absolute Gasteiger partial charge is 0.494 e. The van der Waals surface area contributed by atoms with Crippen molar-refractivity contribution in [2.75, 3.05) is 11.9 Å². The number of hydrogen-bond donors (Lipinski definition) is 2. The van der Waals surface area contributed by atoms with Crippen LogP contribution in [0.15, 0.2) is 24.3 Å². The Bertz CT molecular complexity index is 474. The van der Waals surface area contributed by atoms with E-state index in [4.69, 9.17) is 17.0 Å². The molecule has 0 unspecified atom stereocenters. The quantitative estimate of drug-likeness (QED) is 0.831. The maximum absolute atomic E-state index is 5.43. The van der Waals surface area contributed by atoms with Gasteiger partial charge in [0.1, 0.15) is 5.75 Å². The minimum Gasteiger partial charge on any atom is -0.494 e. The van der Waals surface area contributed by atoms with E-state index >= 15 is 0 Å². The van der Waals surface area contributed by atoms with Crippen LogP contribution in [-0.4, -0.2) is 17.8 Å². The van der Waals surface area contributed by atoms with E-state index in [1.165, 1.54) is 25.7 Å². The van der Waals surface area contributed by atoms with Gasteiger partial charge in [-0.3, -0.25) is 0 Å². The molecule has 1 aromatic carbocycles. The molecule has 2 bridgehead atoms. The number of rotatable bonds is 4. The minimum atomic E-state index is 0.580. The van der Waals surface area contributed by atoms with Crippen molar-refractivity contribution in [3.63, 3.8) is 0 Å². The highest BCUT2D eigenvalue weighted by molar-refractivity contribution is 7.80. The van der Waals surface area contributed by atoms with Gasteiger partial charge >= 0.3 is 0 Å². The van der Waals surface area contributed by atoms with Gasteiger partial charge in [-0.05, 0) is 74.5 Å². The minimum absolute atomic E-state index is 0.580. The molecule has 3 atom stereocenters. The molecule has 20 heavy (non-hydrogen) atoms. The van der Waals surface area contributed by atoms with E-state index in [-0.39, 0.29) is 0 Å². The van der Waals surface area contributed by atoms with Crippen molar-refractivity contribution in [3.8, 4) is 5.75 Å². The zero-order valence-corrected chi connectivity index (χ0v) is 12.7. The molecule has 0 aromatic heterocycles. The maximum Gasteiger partial charge on any atom is 0.171 e. The summed E-state index contributed by atoms with van der Waals surface area (Å²) in [6.07, 6.45) is 5.47. The highest BCUT2D eigenvalue weighted by atomic mass is 32.1. The third kappa shape index (κ3) is 3.06. The van der Waals surface area contributed by atoms with Gasteiger partial charge in [0.05, 0.1) is 6.61 Å². The zero-order chi connectivity index (χ0) is 13.9. The summed E-state index contributed by atoms with van der Waals surface area (Å²) in [7, 11) is 0. The predicted molar refractivity (Wildman–Crippen MR) is 86.2 cm³/mol. The standard InChI is InChI=1S/C16H22N2OS/c1-2-19-14-7-5-13(6-8-14)17-16(20)18-15-10-11-3-4-12(15)9-11/h5-8,11-12,15H,2-4,9-10H2,1H3,(H2,17,18,20)/t11-,12+,15-/m0/s1. The highest BCUT2D eigenvalue weighted by Crippen LogP contribution is 2.44. The summed E-state index contributed by atoms with van der Waals surface area (Å²) >= 11 is 5.42. The first kappa shape index (κ1) is 13.7. The molecule has 2 aliphatic rings. The van der Waals surface area contributed by atoms with Crippen LogP contribution >= 0.6 is 12.2 Å². The SMILES string of the molecule is CCOc1ccc(NC(=S)N[C@H]2C[C@H]3CC[C@@H]2C3)cc1. The zero-order valence-electron chi connectivity index (χ0n) is 11.9. The van der Waals surface area contributed by atoms with Crippen LogP contribution in [0.25, 0.3) is 0 Å². The lowest BCUT2D eigenvalue weighted by atomic mass is 9.96. The summed E-state index contributed by atoms with van der Waals surface area (Å²) in [5, 5.41) is 7.49. The Morgan fingerprint density at radius 3 is 2.65 bits per heavy atom. The molecule has 2 N–H and O–H groups in total. The van der Waals surface area contributed by atoms with Gasteiger partial charge in [-0.25, -0.2) is 0 Å². The third-order valence-corrected chi connectivity index (χ3v) is 4.70. The lowest BCUT2D eigenvalue weighted by molar-refractivity contribution is 0.340. The maximum atomic E-state index is 5.43. The predicted octanol–water partition coefficient (Wildman–Crippen LogP) is 3.56. The van der Waals surface area contributed by atoms with Crippen LogP contribution in [0.2, 0.25) is 0 Å². The lowest BCUT2D eigenvalue weighted by Gasteiger charge is -2.24. The summed E-state index contributed by atoms with van der Waals surface area (Å²) in [6, 6.07) is 8.51. The van der Waals surface area contributed by atoms with Crippen LogP contribution in [0.1, 0.15) is 32.6 Å². The van der Waals surface area contributed by atoms with Crippen LogP contribution in [0.4, 0.5) is 5.69 Å². The fourth-order valence-electron chi connectivity index (χ4n) is 3.56. The fourth-order valence-corrected chi connectivity index (χ4v) is 3.83. The topological polar surface area (TPSA) is 33.3 Å². The van der Waals surface area contributed by atoms with Gasteiger partial charge in [-0.1, -0.05) is 6.42 Å². The highest BCUT2D eigenvalue weighted by Gasteiger charge is 2.39. The van der Waals surface area contributed by atoms with E-state index in [2.05, 4.69) is 10.6 Å². The van der Waals surface area contributed by atoms with Crippen molar-refractivity contribution in [1.82, 2.24) is 5.32 Å². The number of benzene rings is 1. The normalized spacial score (nSPS) is 27.4. The van der Waals surface area contributed by atoms with Gasteiger partial charge < -0.3 is 15.4 Å². The van der Waals surface area contributed by atoms with Crippen molar-refractivity contribution in [2.45, 2.75) is 38.6 Å². The smallest absolute Gasteiger partial charge is 0.171 e. The number of hydrogen-bond acceptors (Lipinski definition) is 2. The van der Waals surface area contributed by atoms with Gasteiger partial charge in [0, 0.05) is 11.7 Å². The molecule has 0 amide bonds. The third-order valence-electron chi connectivity index (χ3n) is 4.48. The number of fused-ring (bicyclic) bond motifs is 2. The van der Waals surface area contributed by atoms with Crippen molar-refractivity contribution in [3.05, 3.63) is 24.3 Å². The van der Waals surface area contributed by atoms with Gasteiger partial charge in [0.15, 0.2) is 5.11 Å². The first-order valence-corrected chi connectivity index (χ1v) is 7.96. The molecule has 0 radical (unpaired) electrons. The fraction of sp³-hybridized carbons (Fsp3) is 0.562. The summed E-state index contributed by atoms with van der Waals surface area (Å²) in [5.74, 6) is 2.66. The van der Waals surface area contributed by atoms with Crippen molar-refractivity contribution in [2.24, 2.45) is 11.8 Å². The summed E-state index contributed by atoms with van der Waals surface area (Å²) < 4.78 is 5.43. The molecule has 1 aromatic rings. The molecule has 108 valence electrons. The summed E-state index contributed by atoms with van der Waals surface area (Å²) in [4.78, 5) is 0. The monoisotopic (exact) mass is 290 g/mol. The van der Waals surface area contributed by atoms with Crippen LogP contribution in [0.3, 0.4) is 0 Å². The average Bonchev–Trinajstić information content (AvgIpc) is 3.03. The Kier molecular flexibility index (Phi) is 4.10. The Hall–Kier alpha value is -1.29. The van der Waals surface area contributed by atoms with E-state index in [1.807, 2.05) is 31.2 Å². The second-order valence-corrected chi connectivity index (χ2v) is 6.25. The Balaban J connectivity index is 1.51. The number of nitrogens with one attached hydrogen (secondary N) is 2. The van der Waals surface area contributed by atoms with Gasteiger partial charge in [-0.15, -0.1) is 0 Å². The lowest BCUT2D eigenvalue weighted by Crippen LogP contribution is -2.40. The Morgan fingerprint density at radius 1 is 1.25 bits per heavy atom. The molecule has 0 aliphatic heterocycles. The number of thiocarbonyl (C=S) groups is 1. The first-order valence-electron chi connectivity index (χ1n) is 7.55. The Morgan fingerprint density at radius 2 is 2.05 bits per heavy atom. The van der Waals surface area contributed by atoms with E-state index in [1.54, 1.807) is 0 Å². The van der Waals surface area contributed by atoms with Gasteiger partial charge in [-0.2, -0.15) is 0 Å². The van der Waals surface area contributed by atoms with E-state index in [0.717, 1.165) is 28.4 Å².